The van der Waals surface area contributed by atoms with Gasteiger partial charge in [-0.15, -0.1) is 0 Å². The standard InChI is InChI=1S/C36H40N4O5/c1-6-19-45-30-17-13-25(14-18-30)28-21-37-32(38-22-28)26-9-7-24(8-10-26)20-31(34(42)39-23(2)35(43)44)40-33(41)27-11-15-29(16-12-27)36(3,4)5/h7-18,21-23,31H,6,19-20H2,1-5H3,(H,39,42)(H,40,41)(H,43,44)/t23-,31?/m1/s1. The number of aromatic nitrogens is 2. The number of amides is 2. The summed E-state index contributed by atoms with van der Waals surface area (Å²) in [6.45, 7) is 10.4. The van der Waals surface area contributed by atoms with E-state index in [1.807, 2.05) is 60.7 Å². The zero-order chi connectivity index (χ0) is 32.6. The predicted molar refractivity (Wildman–Crippen MR) is 174 cm³/mol. The van der Waals surface area contributed by atoms with Crippen LogP contribution < -0.4 is 15.4 Å². The maximum absolute atomic E-state index is 13.1. The topological polar surface area (TPSA) is 131 Å². The van der Waals surface area contributed by atoms with Gasteiger partial charge in [0, 0.05) is 35.5 Å². The van der Waals surface area contributed by atoms with Gasteiger partial charge in [-0.2, -0.15) is 0 Å². The molecule has 45 heavy (non-hydrogen) atoms. The molecule has 234 valence electrons. The maximum Gasteiger partial charge on any atom is 0.325 e. The quantitative estimate of drug-likeness (QED) is 0.185. The molecule has 0 bridgehead atoms. The summed E-state index contributed by atoms with van der Waals surface area (Å²) in [5.74, 6) is -0.808. The summed E-state index contributed by atoms with van der Waals surface area (Å²) in [6.07, 6.45) is 4.64. The number of aliphatic carboxylic acids is 1. The number of carboxylic acids is 1. The van der Waals surface area contributed by atoms with E-state index in [1.165, 1.54) is 6.92 Å². The third-order valence-electron chi connectivity index (χ3n) is 7.33. The Morgan fingerprint density at radius 3 is 1.98 bits per heavy atom. The van der Waals surface area contributed by atoms with Crippen LogP contribution in [0.1, 0.15) is 62.5 Å². The second kappa shape index (κ2) is 14.6. The number of carboxylic acid groups (broad SMARTS) is 1. The molecule has 9 nitrogen and oxygen atoms in total. The van der Waals surface area contributed by atoms with Gasteiger partial charge in [0.05, 0.1) is 6.61 Å². The molecule has 3 N–H and O–H groups in total. The summed E-state index contributed by atoms with van der Waals surface area (Å²) in [5.41, 5.74) is 4.83. The Balaban J connectivity index is 1.47. The van der Waals surface area contributed by atoms with Crippen molar-refractivity contribution in [2.45, 2.75) is 65.0 Å². The average Bonchev–Trinajstić information content (AvgIpc) is 3.03. The number of ether oxygens (including phenoxy) is 1. The molecule has 0 aliphatic carbocycles. The summed E-state index contributed by atoms with van der Waals surface area (Å²) in [7, 11) is 0. The van der Waals surface area contributed by atoms with E-state index in [0.29, 0.717) is 18.0 Å². The summed E-state index contributed by atoms with van der Waals surface area (Å²) in [6, 6.07) is 20.3. The molecule has 0 spiro atoms. The number of rotatable bonds is 12. The van der Waals surface area contributed by atoms with Crippen LogP contribution in [0.25, 0.3) is 22.5 Å². The first-order valence-corrected chi connectivity index (χ1v) is 15.0. The van der Waals surface area contributed by atoms with Crippen molar-refractivity contribution in [2.75, 3.05) is 6.61 Å². The lowest BCUT2D eigenvalue weighted by molar-refractivity contribution is -0.141. The maximum atomic E-state index is 13.1. The zero-order valence-corrected chi connectivity index (χ0v) is 26.3. The highest BCUT2D eigenvalue weighted by atomic mass is 16.5. The minimum absolute atomic E-state index is 0.0700. The molecule has 4 rings (SSSR count). The lowest BCUT2D eigenvalue weighted by Gasteiger charge is -2.21. The van der Waals surface area contributed by atoms with Crippen LogP contribution in [0.5, 0.6) is 5.75 Å². The minimum atomic E-state index is -1.17. The highest BCUT2D eigenvalue weighted by Gasteiger charge is 2.25. The first kappa shape index (κ1) is 32.9. The highest BCUT2D eigenvalue weighted by molar-refractivity contribution is 5.98. The Hall–Kier alpha value is -5.05. The van der Waals surface area contributed by atoms with Gasteiger partial charge in [-0.3, -0.25) is 14.4 Å². The number of carbonyl (C=O) groups is 3. The van der Waals surface area contributed by atoms with E-state index < -0.39 is 29.9 Å². The minimum Gasteiger partial charge on any atom is -0.494 e. The summed E-state index contributed by atoms with van der Waals surface area (Å²) >= 11 is 0. The highest BCUT2D eigenvalue weighted by Crippen LogP contribution is 2.24. The van der Waals surface area contributed by atoms with Crippen molar-refractivity contribution in [2.24, 2.45) is 0 Å². The lowest BCUT2D eigenvalue weighted by Crippen LogP contribution is -2.51. The molecule has 0 aliphatic heterocycles. The van der Waals surface area contributed by atoms with Crippen molar-refractivity contribution in [1.29, 1.82) is 0 Å². The van der Waals surface area contributed by atoms with Crippen LogP contribution in [0.4, 0.5) is 0 Å². The molecular weight excluding hydrogens is 568 g/mol. The smallest absolute Gasteiger partial charge is 0.325 e. The molecule has 4 aromatic rings. The molecule has 0 aliphatic rings. The number of hydrogen-bond acceptors (Lipinski definition) is 6. The Bertz CT molecular complexity index is 1590. The fourth-order valence-corrected chi connectivity index (χ4v) is 4.56. The monoisotopic (exact) mass is 608 g/mol. The van der Waals surface area contributed by atoms with E-state index in [2.05, 4.69) is 48.3 Å². The molecule has 2 atom stereocenters. The van der Waals surface area contributed by atoms with E-state index in [4.69, 9.17) is 4.74 Å². The first-order chi connectivity index (χ1) is 21.4. The lowest BCUT2D eigenvalue weighted by atomic mass is 9.86. The van der Waals surface area contributed by atoms with E-state index in [9.17, 15) is 19.5 Å². The Kier molecular flexibility index (Phi) is 10.7. The summed E-state index contributed by atoms with van der Waals surface area (Å²) in [4.78, 5) is 46.7. The molecule has 1 aromatic heterocycles. The molecule has 0 saturated heterocycles. The number of nitrogens with one attached hydrogen (secondary N) is 2. The SMILES string of the molecule is CCCOc1ccc(-c2cnc(-c3ccc(CC(NC(=O)c4ccc(C(C)(C)C)cc4)C(=O)N[C@H](C)C(=O)O)cc3)nc2)cc1. The van der Waals surface area contributed by atoms with Gasteiger partial charge in [0.15, 0.2) is 5.82 Å². The van der Waals surface area contributed by atoms with Crippen LogP contribution in [0, 0.1) is 0 Å². The fraction of sp³-hybridized carbons (Fsp3) is 0.306. The van der Waals surface area contributed by atoms with Crippen LogP contribution in [0.15, 0.2) is 85.2 Å². The predicted octanol–water partition coefficient (Wildman–Crippen LogP) is 5.83. The van der Waals surface area contributed by atoms with Crippen LogP contribution in [0.3, 0.4) is 0 Å². The molecule has 1 unspecified atom stereocenters. The van der Waals surface area contributed by atoms with E-state index in [1.54, 1.807) is 24.5 Å². The zero-order valence-electron chi connectivity index (χ0n) is 26.3. The van der Waals surface area contributed by atoms with Gasteiger partial charge in [-0.1, -0.05) is 76.2 Å². The van der Waals surface area contributed by atoms with Gasteiger partial charge in [-0.25, -0.2) is 9.97 Å². The van der Waals surface area contributed by atoms with E-state index >= 15 is 0 Å². The number of hydrogen-bond donors (Lipinski definition) is 3. The van der Waals surface area contributed by atoms with Crippen molar-refractivity contribution in [1.82, 2.24) is 20.6 Å². The van der Waals surface area contributed by atoms with Crippen LogP contribution in [-0.2, 0) is 21.4 Å². The third kappa shape index (κ3) is 8.98. The molecular formula is C36H40N4O5. The second-order valence-electron chi connectivity index (χ2n) is 12.0. The third-order valence-corrected chi connectivity index (χ3v) is 7.33. The van der Waals surface area contributed by atoms with Crippen molar-refractivity contribution >= 4 is 17.8 Å². The van der Waals surface area contributed by atoms with Gasteiger partial charge in [-0.05, 0) is 59.7 Å². The summed E-state index contributed by atoms with van der Waals surface area (Å²) < 4.78 is 5.65. The largest absolute Gasteiger partial charge is 0.494 e. The molecule has 1 heterocycles. The number of carbonyl (C=O) groups excluding carboxylic acids is 2. The summed E-state index contributed by atoms with van der Waals surface area (Å²) in [5, 5.41) is 14.6. The van der Waals surface area contributed by atoms with Crippen molar-refractivity contribution in [3.05, 3.63) is 102 Å². The average molecular weight is 609 g/mol. The molecule has 3 aromatic carbocycles. The first-order valence-electron chi connectivity index (χ1n) is 15.0. The van der Waals surface area contributed by atoms with Crippen molar-refractivity contribution < 1.29 is 24.2 Å². The van der Waals surface area contributed by atoms with Crippen LogP contribution in [0.2, 0.25) is 0 Å². The normalized spacial score (nSPS) is 12.6. The Labute approximate surface area is 264 Å². The van der Waals surface area contributed by atoms with Crippen molar-refractivity contribution in [3.8, 4) is 28.3 Å². The number of nitrogens with zero attached hydrogens (tertiary/aromatic N) is 2. The molecule has 2 amide bonds. The second-order valence-corrected chi connectivity index (χ2v) is 12.0. The fourth-order valence-electron chi connectivity index (χ4n) is 4.56. The Morgan fingerprint density at radius 2 is 1.42 bits per heavy atom. The molecule has 9 heteroatoms. The van der Waals surface area contributed by atoms with Crippen LogP contribution in [-0.4, -0.2) is 51.5 Å². The number of benzene rings is 3. The van der Waals surface area contributed by atoms with Crippen molar-refractivity contribution in [3.63, 3.8) is 0 Å². The van der Waals surface area contributed by atoms with E-state index in [-0.39, 0.29) is 11.8 Å². The van der Waals surface area contributed by atoms with Gasteiger partial charge < -0.3 is 20.5 Å². The van der Waals surface area contributed by atoms with Gasteiger partial charge in [0.25, 0.3) is 5.91 Å². The van der Waals surface area contributed by atoms with Crippen LogP contribution >= 0.6 is 0 Å². The van der Waals surface area contributed by atoms with Gasteiger partial charge >= 0.3 is 5.97 Å². The molecule has 0 radical (unpaired) electrons. The van der Waals surface area contributed by atoms with Gasteiger partial charge in [0.1, 0.15) is 17.8 Å². The van der Waals surface area contributed by atoms with Gasteiger partial charge in [0.2, 0.25) is 5.91 Å². The Morgan fingerprint density at radius 1 is 0.822 bits per heavy atom. The van der Waals surface area contributed by atoms with E-state index in [0.717, 1.165) is 40.0 Å². The molecule has 0 fully saturated rings. The molecule has 0 saturated carbocycles.